The zero-order valence-electron chi connectivity index (χ0n) is 20.8. The molecule has 0 saturated carbocycles. The molecule has 0 bridgehead atoms. The van der Waals surface area contributed by atoms with Crippen molar-refractivity contribution in [3.05, 3.63) is 100 Å². The highest BCUT2D eigenvalue weighted by molar-refractivity contribution is 5.96. The van der Waals surface area contributed by atoms with Crippen LogP contribution in [0, 0.1) is 0 Å². The van der Waals surface area contributed by atoms with Gasteiger partial charge in [-0.3, -0.25) is 19.3 Å². The first-order valence-electron chi connectivity index (χ1n) is 11.7. The van der Waals surface area contributed by atoms with Gasteiger partial charge in [0.2, 0.25) is 0 Å². The molecule has 0 saturated heterocycles. The van der Waals surface area contributed by atoms with Gasteiger partial charge in [0, 0.05) is 60.8 Å². The molecule has 0 radical (unpaired) electrons. The molecular weight excluding hydrogens is 509 g/mol. The second kappa shape index (κ2) is 10.0. The number of carbonyl (C=O) groups excluding carboxylic acids is 1. The predicted molar refractivity (Wildman–Crippen MR) is 141 cm³/mol. The zero-order chi connectivity index (χ0) is 27.7. The number of alkyl halides is 3. The lowest BCUT2D eigenvalue weighted by molar-refractivity contribution is -0.137. The number of nitrogens with one attached hydrogen (secondary N) is 1. The molecule has 0 aliphatic carbocycles. The van der Waals surface area contributed by atoms with Gasteiger partial charge >= 0.3 is 6.18 Å². The van der Waals surface area contributed by atoms with Gasteiger partial charge in [-0.15, -0.1) is 0 Å². The van der Waals surface area contributed by atoms with E-state index in [0.717, 1.165) is 44.4 Å². The van der Waals surface area contributed by atoms with Crippen LogP contribution >= 0.6 is 0 Å². The topological polar surface area (TPSA) is 94.7 Å². The lowest BCUT2D eigenvalue weighted by Gasteiger charge is -2.13. The molecular formula is C28H21F3N6O2. The van der Waals surface area contributed by atoms with E-state index in [1.165, 1.54) is 31.4 Å². The van der Waals surface area contributed by atoms with Crippen molar-refractivity contribution in [1.82, 2.24) is 29.9 Å². The zero-order valence-corrected chi connectivity index (χ0v) is 20.8. The van der Waals surface area contributed by atoms with Crippen molar-refractivity contribution in [2.24, 2.45) is 7.05 Å². The number of fused-ring (bicyclic) bond motifs is 1. The molecule has 1 amide bonds. The van der Waals surface area contributed by atoms with Crippen molar-refractivity contribution >= 4 is 29.1 Å². The van der Waals surface area contributed by atoms with Gasteiger partial charge in [0.05, 0.1) is 28.5 Å². The lowest BCUT2D eigenvalue weighted by atomic mass is 10.0. The molecule has 0 aliphatic heterocycles. The maximum atomic E-state index is 13.7. The highest BCUT2D eigenvalue weighted by Gasteiger charge is 2.35. The second-order valence-corrected chi connectivity index (χ2v) is 8.73. The van der Waals surface area contributed by atoms with Gasteiger partial charge in [0.1, 0.15) is 0 Å². The third-order valence-electron chi connectivity index (χ3n) is 6.07. The Labute approximate surface area is 220 Å². The van der Waals surface area contributed by atoms with Gasteiger partial charge in [0.25, 0.3) is 11.5 Å². The first-order valence-corrected chi connectivity index (χ1v) is 11.7. The Hall–Kier alpha value is -5.06. The fourth-order valence-corrected chi connectivity index (χ4v) is 4.10. The molecule has 0 atom stereocenters. The normalized spacial score (nSPS) is 11.8. The number of carbonyl (C=O) groups is 1. The number of amides is 1. The molecule has 0 aliphatic rings. The maximum Gasteiger partial charge on any atom is 0.417 e. The minimum absolute atomic E-state index is 0.108. The highest BCUT2D eigenvalue weighted by atomic mass is 19.4. The van der Waals surface area contributed by atoms with Crippen molar-refractivity contribution in [1.29, 1.82) is 0 Å². The van der Waals surface area contributed by atoms with Gasteiger partial charge < -0.3 is 5.32 Å². The molecule has 196 valence electrons. The standard InChI is InChI=1S/C28H21F3N6O2/c1-32-27(39)22-5-4-18(13-23(22)28(29,30)31)25-7-8-26(38)37(35-25)10-9-17-3-6-24-19(11-17)12-20(14-33-24)21-15-34-36(2)16-21/h3-16H,1-2H3,(H,32,39)/b10-9+. The summed E-state index contributed by atoms with van der Waals surface area (Å²) < 4.78 is 43.7. The van der Waals surface area contributed by atoms with Crippen LogP contribution in [0.25, 0.3) is 45.6 Å². The summed E-state index contributed by atoms with van der Waals surface area (Å²) >= 11 is 0. The summed E-state index contributed by atoms with van der Waals surface area (Å²) in [7, 11) is 3.09. The first kappa shape index (κ1) is 25.6. The first-order chi connectivity index (χ1) is 18.6. The fourth-order valence-electron chi connectivity index (χ4n) is 4.10. The smallest absolute Gasteiger partial charge is 0.355 e. The number of nitrogens with zero attached hydrogens (tertiary/aromatic N) is 5. The van der Waals surface area contributed by atoms with E-state index < -0.39 is 28.8 Å². The van der Waals surface area contributed by atoms with Crippen molar-refractivity contribution in [3.8, 4) is 22.4 Å². The van der Waals surface area contributed by atoms with Gasteiger partial charge in [-0.2, -0.15) is 23.4 Å². The monoisotopic (exact) mass is 530 g/mol. The molecule has 3 aromatic heterocycles. The van der Waals surface area contributed by atoms with Crippen molar-refractivity contribution in [2.75, 3.05) is 7.05 Å². The Morgan fingerprint density at radius 3 is 2.51 bits per heavy atom. The van der Waals surface area contributed by atoms with Crippen molar-refractivity contribution in [3.63, 3.8) is 0 Å². The Morgan fingerprint density at radius 1 is 0.974 bits per heavy atom. The van der Waals surface area contributed by atoms with Crippen LogP contribution in [-0.4, -0.2) is 37.5 Å². The number of hydrogen-bond donors (Lipinski definition) is 1. The molecule has 5 rings (SSSR count). The van der Waals surface area contributed by atoms with Crippen molar-refractivity contribution in [2.45, 2.75) is 6.18 Å². The molecule has 1 N–H and O–H groups in total. The molecule has 3 heterocycles. The average Bonchev–Trinajstić information content (AvgIpc) is 3.37. The summed E-state index contributed by atoms with van der Waals surface area (Å²) in [5.41, 5.74) is 1.58. The predicted octanol–water partition coefficient (Wildman–Crippen LogP) is 4.87. The number of pyridine rings is 1. The summed E-state index contributed by atoms with van der Waals surface area (Å²) in [5, 5.41) is 11.5. The van der Waals surface area contributed by atoms with E-state index in [-0.39, 0.29) is 11.3 Å². The molecule has 8 nitrogen and oxygen atoms in total. The summed E-state index contributed by atoms with van der Waals surface area (Å²) in [5.74, 6) is -0.854. The van der Waals surface area contributed by atoms with E-state index in [1.807, 2.05) is 37.5 Å². The number of rotatable bonds is 5. The number of halogens is 3. The van der Waals surface area contributed by atoms with Gasteiger partial charge in [-0.05, 0) is 48.0 Å². The Balaban J connectivity index is 1.48. The van der Waals surface area contributed by atoms with Gasteiger partial charge in [-0.1, -0.05) is 12.1 Å². The third-order valence-corrected chi connectivity index (χ3v) is 6.07. The van der Waals surface area contributed by atoms with E-state index >= 15 is 0 Å². The van der Waals surface area contributed by atoms with E-state index in [4.69, 9.17) is 0 Å². The highest BCUT2D eigenvalue weighted by Crippen LogP contribution is 2.34. The minimum atomic E-state index is -4.76. The summed E-state index contributed by atoms with van der Waals surface area (Å²) in [4.78, 5) is 28.9. The van der Waals surface area contributed by atoms with E-state index in [2.05, 4.69) is 20.5 Å². The summed E-state index contributed by atoms with van der Waals surface area (Å²) in [6.45, 7) is 0. The van der Waals surface area contributed by atoms with Crippen LogP contribution in [0.15, 0.2) is 78.0 Å². The second-order valence-electron chi connectivity index (χ2n) is 8.73. The molecule has 0 spiro atoms. The van der Waals surface area contributed by atoms with Gasteiger partial charge in [0.15, 0.2) is 0 Å². The number of aromatic nitrogens is 5. The molecule has 5 aromatic rings. The fraction of sp³-hybridized carbons (Fsp3) is 0.107. The summed E-state index contributed by atoms with van der Waals surface area (Å²) in [6.07, 6.45) is 3.77. The largest absolute Gasteiger partial charge is 0.417 e. The van der Waals surface area contributed by atoms with E-state index in [9.17, 15) is 22.8 Å². The molecule has 11 heteroatoms. The average molecular weight is 531 g/mol. The van der Waals surface area contributed by atoms with Crippen LogP contribution < -0.4 is 10.9 Å². The van der Waals surface area contributed by atoms with Crippen LogP contribution in [0.3, 0.4) is 0 Å². The Kier molecular flexibility index (Phi) is 6.57. The van der Waals surface area contributed by atoms with Gasteiger partial charge in [-0.25, -0.2) is 4.68 Å². The Morgan fingerprint density at radius 2 is 1.79 bits per heavy atom. The lowest BCUT2D eigenvalue weighted by Crippen LogP contribution is -2.22. The minimum Gasteiger partial charge on any atom is -0.355 e. The van der Waals surface area contributed by atoms with Crippen LogP contribution in [-0.2, 0) is 13.2 Å². The number of aryl methyl sites for hydroxylation is 1. The van der Waals surface area contributed by atoms with E-state index in [0.29, 0.717) is 0 Å². The number of benzene rings is 2. The number of hydrogen-bond acceptors (Lipinski definition) is 5. The summed E-state index contributed by atoms with van der Waals surface area (Å²) in [6, 6.07) is 13.4. The molecule has 2 aromatic carbocycles. The Bertz CT molecular complexity index is 1800. The van der Waals surface area contributed by atoms with Crippen LogP contribution in [0.2, 0.25) is 0 Å². The van der Waals surface area contributed by atoms with Crippen LogP contribution in [0.4, 0.5) is 13.2 Å². The van der Waals surface area contributed by atoms with Crippen molar-refractivity contribution < 1.29 is 18.0 Å². The quantitative estimate of drug-likeness (QED) is 0.350. The molecule has 0 fully saturated rings. The third kappa shape index (κ3) is 5.33. The van der Waals surface area contributed by atoms with Crippen LogP contribution in [0.5, 0.6) is 0 Å². The maximum absolute atomic E-state index is 13.7. The SMILES string of the molecule is CNC(=O)c1ccc(-c2ccc(=O)n(/C=C/c3ccc4ncc(-c5cnn(C)c5)cc4c3)n2)cc1C(F)(F)F. The van der Waals surface area contributed by atoms with Crippen LogP contribution in [0.1, 0.15) is 21.5 Å². The molecule has 0 unspecified atom stereocenters. The molecule has 39 heavy (non-hydrogen) atoms. The van der Waals surface area contributed by atoms with E-state index in [1.54, 1.807) is 23.2 Å².